The number of sulfonamides is 1. The van der Waals surface area contributed by atoms with Crippen molar-refractivity contribution in [3.63, 3.8) is 0 Å². The van der Waals surface area contributed by atoms with E-state index in [2.05, 4.69) is 14.9 Å². The van der Waals surface area contributed by atoms with Gasteiger partial charge in [-0.15, -0.1) is 0 Å². The topological polar surface area (TPSA) is 85.1 Å². The van der Waals surface area contributed by atoms with Gasteiger partial charge in [-0.2, -0.15) is 9.71 Å². The van der Waals surface area contributed by atoms with Crippen molar-refractivity contribution in [1.82, 2.24) is 14.9 Å². The van der Waals surface area contributed by atoms with Crippen LogP contribution in [0, 0.1) is 0 Å². The summed E-state index contributed by atoms with van der Waals surface area (Å²) in [4.78, 5) is 4.43. The van der Waals surface area contributed by atoms with Crippen molar-refractivity contribution in [3.8, 4) is 0 Å². The Kier molecular flexibility index (Phi) is 5.22. The summed E-state index contributed by atoms with van der Waals surface area (Å²) in [6.45, 7) is 1.67. The van der Waals surface area contributed by atoms with Gasteiger partial charge in [-0.25, -0.2) is 8.42 Å². The number of rotatable bonds is 5. The number of halogens is 1. The van der Waals surface area contributed by atoms with Gasteiger partial charge in [0.05, 0.1) is 11.1 Å². The predicted octanol–water partition coefficient (Wildman–Crippen LogP) is 3.81. The van der Waals surface area contributed by atoms with Crippen LogP contribution in [0.1, 0.15) is 62.7 Å². The quantitative estimate of drug-likeness (QED) is 0.866. The van der Waals surface area contributed by atoms with Crippen molar-refractivity contribution < 1.29 is 12.9 Å². The third-order valence-corrected chi connectivity index (χ3v) is 6.30. The van der Waals surface area contributed by atoms with Crippen LogP contribution in [0.5, 0.6) is 0 Å². The fourth-order valence-electron chi connectivity index (χ4n) is 2.96. The summed E-state index contributed by atoms with van der Waals surface area (Å²) in [6, 6.07) is 5.67. The molecule has 6 nitrogen and oxygen atoms in total. The SMILES string of the molecule is CC(NS(=O)(=O)c1ccccc1Cl)c1nc(C2CCCCC2)no1. The minimum Gasteiger partial charge on any atom is -0.338 e. The van der Waals surface area contributed by atoms with E-state index in [0.717, 1.165) is 12.8 Å². The van der Waals surface area contributed by atoms with Gasteiger partial charge in [0, 0.05) is 5.92 Å². The average Bonchev–Trinajstić information content (AvgIpc) is 3.06. The Morgan fingerprint density at radius 3 is 2.67 bits per heavy atom. The summed E-state index contributed by atoms with van der Waals surface area (Å²) < 4.78 is 32.7. The van der Waals surface area contributed by atoms with E-state index in [9.17, 15) is 8.42 Å². The summed E-state index contributed by atoms with van der Waals surface area (Å²) in [5.74, 6) is 1.25. The van der Waals surface area contributed by atoms with Crippen LogP contribution in [0.25, 0.3) is 0 Å². The number of nitrogens with one attached hydrogen (secondary N) is 1. The lowest BCUT2D eigenvalue weighted by Crippen LogP contribution is -2.27. The highest BCUT2D eigenvalue weighted by atomic mass is 35.5. The second kappa shape index (κ2) is 7.21. The van der Waals surface area contributed by atoms with Gasteiger partial charge in [-0.05, 0) is 31.9 Å². The van der Waals surface area contributed by atoms with E-state index < -0.39 is 16.1 Å². The zero-order valence-electron chi connectivity index (χ0n) is 13.4. The zero-order chi connectivity index (χ0) is 17.2. The first-order valence-electron chi connectivity index (χ1n) is 8.08. The maximum absolute atomic E-state index is 12.5. The lowest BCUT2D eigenvalue weighted by Gasteiger charge is -2.17. The van der Waals surface area contributed by atoms with E-state index >= 15 is 0 Å². The first-order chi connectivity index (χ1) is 11.5. The molecule has 1 aromatic carbocycles. The van der Waals surface area contributed by atoms with E-state index in [1.54, 1.807) is 19.1 Å². The van der Waals surface area contributed by atoms with Crippen LogP contribution >= 0.6 is 11.6 Å². The van der Waals surface area contributed by atoms with Gasteiger partial charge < -0.3 is 4.52 Å². The molecule has 1 fully saturated rings. The van der Waals surface area contributed by atoms with E-state index in [0.29, 0.717) is 11.7 Å². The summed E-state index contributed by atoms with van der Waals surface area (Å²) in [5, 5.41) is 4.21. The lowest BCUT2D eigenvalue weighted by molar-refractivity contribution is 0.340. The number of nitrogens with zero attached hydrogens (tertiary/aromatic N) is 2. The molecular formula is C16H20ClN3O3S. The molecule has 130 valence electrons. The third-order valence-electron chi connectivity index (χ3n) is 4.26. The van der Waals surface area contributed by atoms with Gasteiger partial charge in [0.1, 0.15) is 4.90 Å². The first kappa shape index (κ1) is 17.4. The fraction of sp³-hybridized carbons (Fsp3) is 0.500. The van der Waals surface area contributed by atoms with Crippen LogP contribution in [0.2, 0.25) is 5.02 Å². The van der Waals surface area contributed by atoms with Gasteiger partial charge in [0.2, 0.25) is 15.9 Å². The van der Waals surface area contributed by atoms with E-state index in [1.807, 2.05) is 0 Å². The van der Waals surface area contributed by atoms with Crippen LogP contribution in [-0.4, -0.2) is 18.6 Å². The summed E-state index contributed by atoms with van der Waals surface area (Å²) >= 11 is 5.97. The molecule has 1 saturated carbocycles. The van der Waals surface area contributed by atoms with Gasteiger partial charge in [0.25, 0.3) is 0 Å². The molecule has 1 heterocycles. The second-order valence-electron chi connectivity index (χ2n) is 6.10. The second-order valence-corrected chi connectivity index (χ2v) is 8.19. The highest BCUT2D eigenvalue weighted by molar-refractivity contribution is 7.89. The van der Waals surface area contributed by atoms with Crippen LogP contribution < -0.4 is 4.72 Å². The average molecular weight is 370 g/mol. The Balaban J connectivity index is 1.74. The highest BCUT2D eigenvalue weighted by Crippen LogP contribution is 2.31. The normalized spacial score (nSPS) is 17.8. The molecule has 24 heavy (non-hydrogen) atoms. The van der Waals surface area contributed by atoms with Crippen LogP contribution in [0.15, 0.2) is 33.7 Å². The third kappa shape index (κ3) is 3.79. The number of benzene rings is 1. The summed E-state index contributed by atoms with van der Waals surface area (Å²) in [7, 11) is -3.76. The molecule has 0 aliphatic heterocycles. The molecule has 1 atom stereocenters. The van der Waals surface area contributed by atoms with E-state index in [1.165, 1.54) is 31.4 Å². The number of hydrogen-bond acceptors (Lipinski definition) is 5. The molecule has 0 bridgehead atoms. The van der Waals surface area contributed by atoms with Gasteiger partial charge >= 0.3 is 0 Å². The smallest absolute Gasteiger partial charge is 0.244 e. The van der Waals surface area contributed by atoms with Gasteiger partial charge in [0.15, 0.2) is 5.82 Å². The van der Waals surface area contributed by atoms with Crippen molar-refractivity contribution in [1.29, 1.82) is 0 Å². The molecule has 8 heteroatoms. The van der Waals surface area contributed by atoms with Crippen LogP contribution in [0.3, 0.4) is 0 Å². The zero-order valence-corrected chi connectivity index (χ0v) is 15.0. The minimum absolute atomic E-state index is 0.0329. The Labute approximate surface area is 146 Å². The first-order valence-corrected chi connectivity index (χ1v) is 9.94. The van der Waals surface area contributed by atoms with E-state index in [-0.39, 0.29) is 15.8 Å². The number of aromatic nitrogens is 2. The molecule has 1 aliphatic carbocycles. The lowest BCUT2D eigenvalue weighted by atomic mass is 9.89. The van der Waals surface area contributed by atoms with Crippen molar-refractivity contribution in [3.05, 3.63) is 41.0 Å². The molecule has 0 amide bonds. The maximum atomic E-state index is 12.5. The Bertz CT molecular complexity index is 800. The molecule has 1 aliphatic rings. The molecule has 0 saturated heterocycles. The molecule has 1 unspecified atom stereocenters. The van der Waals surface area contributed by atoms with Crippen molar-refractivity contribution in [2.24, 2.45) is 0 Å². The van der Waals surface area contributed by atoms with Crippen LogP contribution in [-0.2, 0) is 10.0 Å². The molecular weight excluding hydrogens is 350 g/mol. The van der Waals surface area contributed by atoms with Crippen molar-refractivity contribution >= 4 is 21.6 Å². The van der Waals surface area contributed by atoms with Crippen LogP contribution in [0.4, 0.5) is 0 Å². The van der Waals surface area contributed by atoms with Gasteiger partial charge in [-0.3, -0.25) is 0 Å². The highest BCUT2D eigenvalue weighted by Gasteiger charge is 2.26. The Morgan fingerprint density at radius 2 is 1.96 bits per heavy atom. The van der Waals surface area contributed by atoms with Crippen molar-refractivity contribution in [2.45, 2.75) is 55.9 Å². The largest absolute Gasteiger partial charge is 0.338 e. The summed E-state index contributed by atoms with van der Waals surface area (Å²) in [6.07, 6.45) is 5.69. The number of hydrogen-bond donors (Lipinski definition) is 1. The molecule has 0 spiro atoms. The van der Waals surface area contributed by atoms with Crippen molar-refractivity contribution in [2.75, 3.05) is 0 Å². The molecule has 3 rings (SSSR count). The minimum atomic E-state index is -3.76. The Hall–Kier alpha value is -1.44. The predicted molar refractivity (Wildman–Crippen MR) is 90.3 cm³/mol. The molecule has 0 radical (unpaired) electrons. The standard InChI is InChI=1S/C16H20ClN3O3S/c1-11(20-24(21,22)14-10-6-5-9-13(14)17)16-18-15(19-23-16)12-7-3-2-4-8-12/h5-6,9-12,20H,2-4,7-8H2,1H3. The molecule has 1 aromatic heterocycles. The van der Waals surface area contributed by atoms with Gasteiger partial charge in [-0.1, -0.05) is 48.2 Å². The molecule has 1 N–H and O–H groups in total. The monoisotopic (exact) mass is 369 g/mol. The maximum Gasteiger partial charge on any atom is 0.244 e. The Morgan fingerprint density at radius 1 is 1.25 bits per heavy atom. The fourth-order valence-corrected chi connectivity index (χ4v) is 4.68. The molecule has 2 aromatic rings. The summed E-state index contributed by atoms with van der Waals surface area (Å²) in [5.41, 5.74) is 0. The van der Waals surface area contributed by atoms with E-state index in [4.69, 9.17) is 16.1 Å².